The molecule has 0 aliphatic rings. The van der Waals surface area contributed by atoms with Crippen molar-refractivity contribution in [3.63, 3.8) is 0 Å². The van der Waals surface area contributed by atoms with Crippen molar-refractivity contribution in [3.8, 4) is 0 Å². The second kappa shape index (κ2) is 7.20. The van der Waals surface area contributed by atoms with Crippen molar-refractivity contribution in [2.24, 2.45) is 0 Å². The molecule has 2 heterocycles. The van der Waals surface area contributed by atoms with E-state index < -0.39 is 20.0 Å². The van der Waals surface area contributed by atoms with Gasteiger partial charge >= 0.3 is 7.60 Å². The van der Waals surface area contributed by atoms with Gasteiger partial charge in [-0.25, -0.2) is 4.98 Å². The van der Waals surface area contributed by atoms with Crippen LogP contribution in [0.15, 0.2) is 6.33 Å². The molecule has 0 saturated heterocycles. The van der Waals surface area contributed by atoms with Crippen molar-refractivity contribution in [1.82, 2.24) is 19.5 Å². The van der Waals surface area contributed by atoms with Gasteiger partial charge in [-0.05, 0) is 0 Å². The molecule has 1 unspecified atom stereocenters. The molecule has 0 fully saturated rings. The molecule has 128 valence electrons. The van der Waals surface area contributed by atoms with Gasteiger partial charge in [0, 0.05) is 14.2 Å². The molecule has 23 heavy (non-hydrogen) atoms. The highest BCUT2D eigenvalue weighted by molar-refractivity contribution is 7.52. The highest BCUT2D eigenvalue weighted by Gasteiger charge is 2.22. The number of imidazole rings is 1. The second-order valence-electron chi connectivity index (χ2n) is 4.73. The van der Waals surface area contributed by atoms with E-state index in [4.69, 9.17) is 20.9 Å². The molecule has 2 atom stereocenters. The Kier molecular flexibility index (Phi) is 5.50. The number of nitrogen functional groups attached to an aromatic ring is 2. The van der Waals surface area contributed by atoms with Gasteiger partial charge < -0.3 is 34.9 Å². The highest BCUT2D eigenvalue weighted by Crippen LogP contribution is 2.40. The van der Waals surface area contributed by atoms with Gasteiger partial charge in [0.25, 0.3) is 0 Å². The van der Waals surface area contributed by atoms with Gasteiger partial charge in [0.15, 0.2) is 11.5 Å². The Morgan fingerprint density at radius 3 is 2.78 bits per heavy atom. The zero-order valence-corrected chi connectivity index (χ0v) is 13.6. The van der Waals surface area contributed by atoms with E-state index in [0.29, 0.717) is 11.2 Å². The van der Waals surface area contributed by atoms with Crippen LogP contribution < -0.4 is 11.5 Å². The summed E-state index contributed by atoms with van der Waals surface area (Å²) in [6, 6.07) is 0. The predicted molar refractivity (Wildman–Crippen MR) is 82.6 cm³/mol. The summed E-state index contributed by atoms with van der Waals surface area (Å²) in [6.45, 7) is 0.462. The van der Waals surface area contributed by atoms with Crippen LogP contribution in [-0.2, 0) is 25.1 Å². The first-order valence-electron chi connectivity index (χ1n) is 6.58. The number of hydrogen-bond donors (Lipinski definition) is 3. The summed E-state index contributed by atoms with van der Waals surface area (Å²) >= 11 is 0. The number of anilines is 2. The fourth-order valence-corrected chi connectivity index (χ4v) is 2.43. The molecule has 0 aliphatic carbocycles. The molecular formula is C11H19N6O5P. The maximum Gasteiger partial charge on any atom is 0.353 e. The van der Waals surface area contributed by atoms with Crippen LogP contribution in [-0.4, -0.2) is 57.7 Å². The van der Waals surface area contributed by atoms with E-state index >= 15 is 0 Å². The molecule has 0 spiro atoms. The molecule has 0 aliphatic heterocycles. The van der Waals surface area contributed by atoms with E-state index in [1.165, 1.54) is 13.4 Å². The summed E-state index contributed by atoms with van der Waals surface area (Å²) in [5, 5.41) is 0. The lowest BCUT2D eigenvalue weighted by atomic mass is 10.3. The van der Waals surface area contributed by atoms with Gasteiger partial charge in [-0.3, -0.25) is 4.57 Å². The Hall–Kier alpha value is -1.78. The average Bonchev–Trinajstić information content (AvgIpc) is 2.88. The number of nitrogens with two attached hydrogens (primary N) is 2. The SMILES string of the molecule is COC[C@@H](Cn1cnc2c(N)nc(N)nc21)OCP(=O)(O)OC. The second-order valence-corrected chi connectivity index (χ2v) is 6.63. The van der Waals surface area contributed by atoms with E-state index in [2.05, 4.69) is 19.5 Å². The standard InChI is InChI=1S/C11H19N6O5P/c1-20-4-7(22-6-23(18,19)21-2)3-17-5-14-8-9(12)15-11(13)16-10(8)17/h5,7H,3-4,6H2,1-2H3,(H,18,19)(H4,12,13,15,16)/t7-/m1/s1. The summed E-state index contributed by atoms with van der Waals surface area (Å²) in [4.78, 5) is 21.5. The minimum atomic E-state index is -3.77. The number of ether oxygens (including phenoxy) is 2. The largest absolute Gasteiger partial charge is 0.382 e. The van der Waals surface area contributed by atoms with E-state index in [9.17, 15) is 9.46 Å². The third-order valence-electron chi connectivity index (χ3n) is 3.02. The molecule has 11 nitrogen and oxygen atoms in total. The monoisotopic (exact) mass is 346 g/mol. The fourth-order valence-electron chi connectivity index (χ4n) is 1.93. The first-order valence-corrected chi connectivity index (χ1v) is 8.34. The summed E-state index contributed by atoms with van der Waals surface area (Å²) in [7, 11) is -1.14. The maximum atomic E-state index is 11.5. The van der Waals surface area contributed by atoms with Gasteiger partial charge in [0.1, 0.15) is 11.9 Å². The van der Waals surface area contributed by atoms with Crippen molar-refractivity contribution in [3.05, 3.63) is 6.33 Å². The Morgan fingerprint density at radius 1 is 1.39 bits per heavy atom. The fraction of sp³-hybridized carbons (Fsp3) is 0.545. The quantitative estimate of drug-likeness (QED) is 0.546. The summed E-state index contributed by atoms with van der Waals surface area (Å²) < 4.78 is 28.1. The summed E-state index contributed by atoms with van der Waals surface area (Å²) in [5.41, 5.74) is 12.2. The lowest BCUT2D eigenvalue weighted by Crippen LogP contribution is -2.25. The molecule has 2 aromatic rings. The van der Waals surface area contributed by atoms with Gasteiger partial charge in [0.2, 0.25) is 5.95 Å². The number of rotatable bonds is 8. The average molecular weight is 346 g/mol. The lowest BCUT2D eigenvalue weighted by Gasteiger charge is -2.19. The molecule has 5 N–H and O–H groups in total. The molecule has 0 amide bonds. The number of fused-ring (bicyclic) bond motifs is 1. The lowest BCUT2D eigenvalue weighted by molar-refractivity contribution is 0.00337. The van der Waals surface area contributed by atoms with Crippen LogP contribution in [0, 0.1) is 0 Å². The van der Waals surface area contributed by atoms with E-state index in [1.54, 1.807) is 4.57 Å². The number of methoxy groups -OCH3 is 1. The molecule has 12 heteroatoms. The Labute approximate surface area is 132 Å². The minimum Gasteiger partial charge on any atom is -0.382 e. The van der Waals surface area contributed by atoms with Crippen LogP contribution >= 0.6 is 7.60 Å². The van der Waals surface area contributed by atoms with Crippen LogP contribution in [0.4, 0.5) is 11.8 Å². The third kappa shape index (κ3) is 4.36. The molecular weight excluding hydrogens is 327 g/mol. The summed E-state index contributed by atoms with van der Waals surface area (Å²) in [5.74, 6) is 0.204. The zero-order valence-electron chi connectivity index (χ0n) is 12.7. The molecule has 0 aromatic carbocycles. The molecule has 2 aromatic heterocycles. The molecule has 0 saturated carbocycles. The smallest absolute Gasteiger partial charge is 0.353 e. The first kappa shape index (κ1) is 17.6. The minimum absolute atomic E-state index is 0.0280. The third-order valence-corrected chi connectivity index (χ3v) is 4.07. The van der Waals surface area contributed by atoms with Gasteiger partial charge in [-0.1, -0.05) is 0 Å². The van der Waals surface area contributed by atoms with Gasteiger partial charge in [-0.2, -0.15) is 9.97 Å². The number of hydrogen-bond acceptors (Lipinski definition) is 9. The van der Waals surface area contributed by atoms with E-state index in [1.807, 2.05) is 0 Å². The number of aromatic nitrogens is 4. The summed E-state index contributed by atoms with van der Waals surface area (Å²) in [6.07, 6.45) is 0.532. The Balaban J connectivity index is 2.18. The zero-order chi connectivity index (χ0) is 17.0. The van der Waals surface area contributed by atoms with Crippen LogP contribution in [0.3, 0.4) is 0 Å². The highest BCUT2D eigenvalue weighted by atomic mass is 31.2. The van der Waals surface area contributed by atoms with Crippen molar-refractivity contribution in [2.75, 3.05) is 38.6 Å². The maximum absolute atomic E-state index is 11.5. The van der Waals surface area contributed by atoms with Crippen molar-refractivity contribution in [2.45, 2.75) is 12.6 Å². The van der Waals surface area contributed by atoms with Crippen molar-refractivity contribution < 1.29 is 23.5 Å². The van der Waals surface area contributed by atoms with Crippen LogP contribution in [0.25, 0.3) is 11.2 Å². The number of nitrogens with zero attached hydrogens (tertiary/aromatic N) is 4. The van der Waals surface area contributed by atoms with Crippen LogP contribution in [0.5, 0.6) is 0 Å². The van der Waals surface area contributed by atoms with Crippen molar-refractivity contribution in [1.29, 1.82) is 0 Å². The normalized spacial score (nSPS) is 15.6. The van der Waals surface area contributed by atoms with Gasteiger partial charge in [-0.15, -0.1) is 0 Å². The molecule has 2 rings (SSSR count). The topological polar surface area (TPSA) is 161 Å². The van der Waals surface area contributed by atoms with Crippen molar-refractivity contribution >= 4 is 30.5 Å². The van der Waals surface area contributed by atoms with E-state index in [-0.39, 0.29) is 24.9 Å². The predicted octanol–water partition coefficient (Wildman–Crippen LogP) is -0.188. The van der Waals surface area contributed by atoms with Crippen LogP contribution in [0.1, 0.15) is 0 Å². The van der Waals surface area contributed by atoms with E-state index in [0.717, 1.165) is 7.11 Å². The Bertz CT molecular complexity index is 722. The van der Waals surface area contributed by atoms with Crippen LogP contribution in [0.2, 0.25) is 0 Å². The first-order chi connectivity index (χ1) is 10.9. The molecule has 0 bridgehead atoms. The molecule has 0 radical (unpaired) electrons. The van der Waals surface area contributed by atoms with Gasteiger partial charge in [0.05, 0.1) is 25.6 Å². The Morgan fingerprint density at radius 2 is 2.13 bits per heavy atom.